The number of nitrogens with one attached hydrogen (secondary N) is 2. The number of nitrogens with zero attached hydrogens (tertiary/aromatic N) is 4. The number of H-pyrrole nitrogens is 1. The molecule has 2 aliphatic rings. The number of benzene rings is 1. The Bertz CT molecular complexity index is 1660. The molecule has 1 amide bonds. The van der Waals surface area contributed by atoms with Gasteiger partial charge in [0.25, 0.3) is 17.4 Å². The molecule has 12 heteroatoms. The van der Waals surface area contributed by atoms with Gasteiger partial charge in [-0.25, -0.2) is 27.7 Å². The van der Waals surface area contributed by atoms with Gasteiger partial charge >= 0.3 is 0 Å². The number of carbonyl (C=O) groups excluding carboxylic acids is 1. The first-order valence-electron chi connectivity index (χ1n) is 13.0. The van der Waals surface area contributed by atoms with Gasteiger partial charge in [0.05, 0.1) is 30.8 Å². The monoisotopic (exact) mass is 552 g/mol. The number of amides is 1. The predicted molar refractivity (Wildman–Crippen MR) is 141 cm³/mol. The van der Waals surface area contributed by atoms with Crippen molar-refractivity contribution in [1.82, 2.24) is 29.7 Å². The standard InChI is InChI=1S/C28H27F3N6O3/c1-40-7-6-32-12-19-11-23-25(34-19)27(39)37(15-33-23)24-9-17(8-22(35-24)16-2-3-16)20-5-4-18(29)10-21(20)26(38)36-13-28(30,31)14-36/h4-5,8-11,15-16,32,34H,2-3,6-7,12-14H2,1H3. The number of rotatable bonds is 9. The molecular formula is C28H27F3N6O3. The average Bonchev–Trinajstić information content (AvgIpc) is 3.69. The second-order valence-electron chi connectivity index (χ2n) is 10.3. The Labute approximate surface area is 227 Å². The van der Waals surface area contributed by atoms with Crippen LogP contribution in [0.3, 0.4) is 0 Å². The van der Waals surface area contributed by atoms with E-state index in [9.17, 15) is 22.8 Å². The fourth-order valence-electron chi connectivity index (χ4n) is 4.89. The number of aromatic amines is 1. The molecule has 1 saturated carbocycles. The van der Waals surface area contributed by atoms with Crippen molar-refractivity contribution in [2.45, 2.75) is 31.2 Å². The Hall–Kier alpha value is -4.03. The highest BCUT2D eigenvalue weighted by atomic mass is 19.3. The van der Waals surface area contributed by atoms with Gasteiger partial charge in [-0.15, -0.1) is 0 Å². The lowest BCUT2D eigenvalue weighted by molar-refractivity contribution is -0.113. The summed E-state index contributed by atoms with van der Waals surface area (Å²) in [4.78, 5) is 39.9. The van der Waals surface area contributed by atoms with Crippen molar-refractivity contribution < 1.29 is 22.7 Å². The minimum atomic E-state index is -2.95. The van der Waals surface area contributed by atoms with Gasteiger partial charge in [-0.2, -0.15) is 0 Å². The summed E-state index contributed by atoms with van der Waals surface area (Å²) in [6, 6.07) is 8.97. The Morgan fingerprint density at radius 1 is 1.20 bits per heavy atom. The molecule has 1 aliphatic heterocycles. The number of hydrogen-bond acceptors (Lipinski definition) is 6. The Kier molecular flexibility index (Phi) is 6.67. The third-order valence-electron chi connectivity index (χ3n) is 7.12. The normalized spacial score (nSPS) is 16.4. The van der Waals surface area contributed by atoms with E-state index in [1.54, 1.807) is 19.2 Å². The highest BCUT2D eigenvalue weighted by Gasteiger charge is 2.46. The van der Waals surface area contributed by atoms with Crippen LogP contribution >= 0.6 is 0 Å². The molecule has 0 unspecified atom stereocenters. The van der Waals surface area contributed by atoms with Crippen molar-refractivity contribution in [3.05, 3.63) is 75.8 Å². The first-order chi connectivity index (χ1) is 19.2. The first-order valence-corrected chi connectivity index (χ1v) is 13.0. The van der Waals surface area contributed by atoms with E-state index in [2.05, 4.69) is 15.3 Å². The van der Waals surface area contributed by atoms with Gasteiger partial charge in [0, 0.05) is 37.5 Å². The van der Waals surface area contributed by atoms with Gasteiger partial charge in [0.15, 0.2) is 0 Å². The van der Waals surface area contributed by atoms with E-state index in [0.717, 1.165) is 35.2 Å². The first kappa shape index (κ1) is 26.2. The zero-order valence-electron chi connectivity index (χ0n) is 21.7. The Morgan fingerprint density at radius 2 is 2.00 bits per heavy atom. The maximum atomic E-state index is 14.2. The Morgan fingerprint density at radius 3 is 2.73 bits per heavy atom. The number of halogens is 3. The molecule has 0 atom stereocenters. The van der Waals surface area contributed by atoms with Gasteiger partial charge in [-0.1, -0.05) is 6.07 Å². The topological polar surface area (TPSA) is 105 Å². The smallest absolute Gasteiger partial charge is 0.283 e. The lowest BCUT2D eigenvalue weighted by Gasteiger charge is -2.39. The predicted octanol–water partition coefficient (Wildman–Crippen LogP) is 3.62. The van der Waals surface area contributed by atoms with Crippen LogP contribution in [0.2, 0.25) is 0 Å². The summed E-state index contributed by atoms with van der Waals surface area (Å²) < 4.78 is 47.6. The van der Waals surface area contributed by atoms with Crippen LogP contribution in [0.25, 0.3) is 28.0 Å². The maximum Gasteiger partial charge on any atom is 0.283 e. The molecule has 0 bridgehead atoms. The maximum absolute atomic E-state index is 14.2. The molecule has 1 saturated heterocycles. The van der Waals surface area contributed by atoms with E-state index in [0.29, 0.717) is 47.7 Å². The van der Waals surface area contributed by atoms with E-state index in [-0.39, 0.29) is 17.0 Å². The number of fused-ring (bicyclic) bond motifs is 1. The fourth-order valence-corrected chi connectivity index (χ4v) is 4.89. The van der Waals surface area contributed by atoms with Crippen molar-refractivity contribution in [3.8, 4) is 16.9 Å². The zero-order chi connectivity index (χ0) is 28.0. The van der Waals surface area contributed by atoms with Crippen LogP contribution < -0.4 is 10.9 Å². The quantitative estimate of drug-likeness (QED) is 0.308. The lowest BCUT2D eigenvalue weighted by Crippen LogP contribution is -2.58. The summed E-state index contributed by atoms with van der Waals surface area (Å²) in [5.74, 6) is -3.79. The van der Waals surface area contributed by atoms with Crippen molar-refractivity contribution in [2.75, 3.05) is 33.4 Å². The lowest BCUT2D eigenvalue weighted by atomic mass is 9.96. The second kappa shape index (κ2) is 10.2. The van der Waals surface area contributed by atoms with Gasteiger partial charge in [0.1, 0.15) is 23.5 Å². The van der Waals surface area contributed by atoms with E-state index in [4.69, 9.17) is 9.72 Å². The molecular weight excluding hydrogens is 525 g/mol. The van der Waals surface area contributed by atoms with Crippen LogP contribution in [0.15, 0.2) is 47.5 Å². The van der Waals surface area contributed by atoms with Crippen LogP contribution in [0.4, 0.5) is 13.2 Å². The zero-order valence-corrected chi connectivity index (χ0v) is 21.7. The van der Waals surface area contributed by atoms with Crippen LogP contribution in [-0.4, -0.2) is 69.6 Å². The van der Waals surface area contributed by atoms with Crippen molar-refractivity contribution in [2.24, 2.45) is 0 Å². The molecule has 6 rings (SSSR count). The molecule has 9 nitrogen and oxygen atoms in total. The van der Waals surface area contributed by atoms with Crippen molar-refractivity contribution in [1.29, 1.82) is 0 Å². The molecule has 2 fully saturated rings. The number of pyridine rings is 1. The van der Waals surface area contributed by atoms with E-state index in [1.807, 2.05) is 6.07 Å². The minimum Gasteiger partial charge on any atom is -0.383 e. The largest absolute Gasteiger partial charge is 0.383 e. The summed E-state index contributed by atoms with van der Waals surface area (Å²) in [7, 11) is 1.62. The average molecular weight is 553 g/mol. The highest BCUT2D eigenvalue weighted by Crippen LogP contribution is 2.41. The molecule has 0 spiro atoms. The molecule has 1 aliphatic carbocycles. The molecule has 3 aromatic heterocycles. The van der Waals surface area contributed by atoms with Gasteiger partial charge < -0.3 is 19.9 Å². The highest BCUT2D eigenvalue weighted by molar-refractivity contribution is 6.01. The molecule has 0 radical (unpaired) electrons. The number of alkyl halides is 2. The second-order valence-corrected chi connectivity index (χ2v) is 10.3. The summed E-state index contributed by atoms with van der Waals surface area (Å²) in [6.45, 7) is 0.291. The number of ether oxygens (including phenoxy) is 1. The minimum absolute atomic E-state index is 0.0229. The molecule has 4 heterocycles. The molecule has 2 N–H and O–H groups in total. The van der Waals surface area contributed by atoms with Crippen LogP contribution in [0.1, 0.15) is 40.5 Å². The summed E-state index contributed by atoms with van der Waals surface area (Å²) in [5, 5.41) is 3.22. The molecule has 4 aromatic rings. The van der Waals surface area contributed by atoms with Crippen LogP contribution in [0, 0.1) is 5.82 Å². The van der Waals surface area contributed by atoms with Crippen molar-refractivity contribution in [3.63, 3.8) is 0 Å². The fraction of sp³-hybridized carbons (Fsp3) is 0.357. The van der Waals surface area contributed by atoms with Crippen LogP contribution in [0.5, 0.6) is 0 Å². The number of carbonyl (C=O) groups is 1. The summed E-state index contributed by atoms with van der Waals surface area (Å²) in [6.07, 6.45) is 3.26. The van der Waals surface area contributed by atoms with Gasteiger partial charge in [0.2, 0.25) is 0 Å². The van der Waals surface area contributed by atoms with E-state index in [1.165, 1.54) is 23.0 Å². The number of likely N-dealkylation sites (tertiary alicyclic amines) is 1. The number of aromatic nitrogens is 4. The van der Waals surface area contributed by atoms with Crippen molar-refractivity contribution >= 4 is 16.9 Å². The molecule has 208 valence electrons. The third kappa shape index (κ3) is 5.11. The molecule has 40 heavy (non-hydrogen) atoms. The third-order valence-corrected chi connectivity index (χ3v) is 7.12. The Balaban J connectivity index is 1.39. The summed E-state index contributed by atoms with van der Waals surface area (Å²) in [5.41, 5.74) is 2.89. The molecule has 1 aromatic carbocycles. The van der Waals surface area contributed by atoms with E-state index < -0.39 is 30.7 Å². The number of hydrogen-bond donors (Lipinski definition) is 2. The number of methoxy groups -OCH3 is 1. The summed E-state index contributed by atoms with van der Waals surface area (Å²) >= 11 is 0. The van der Waals surface area contributed by atoms with E-state index >= 15 is 0 Å². The SMILES string of the molecule is COCCNCc1cc2ncn(-c3cc(-c4ccc(F)cc4C(=O)N4CC(F)(F)C4)cc(C4CC4)n3)c(=O)c2[nH]1. The van der Waals surface area contributed by atoms with Gasteiger partial charge in [-0.3, -0.25) is 9.59 Å². The van der Waals surface area contributed by atoms with Crippen LogP contribution in [-0.2, 0) is 11.3 Å². The van der Waals surface area contributed by atoms with Gasteiger partial charge in [-0.05, 0) is 54.3 Å².